The van der Waals surface area contributed by atoms with E-state index in [-0.39, 0.29) is 79.5 Å². The molecule has 0 spiro atoms. The summed E-state index contributed by atoms with van der Waals surface area (Å²) in [5.41, 5.74) is 2.11. The Kier molecular flexibility index (Phi) is 34.3. The van der Waals surface area contributed by atoms with Gasteiger partial charge in [-0.1, -0.05) is 97.5 Å². The number of aliphatic hydroxyl groups excluding tert-OH is 1. The number of aliphatic hydroxyl groups is 2. The van der Waals surface area contributed by atoms with Crippen LogP contribution in [0.15, 0.2) is 60.8 Å². The fourth-order valence-corrected chi connectivity index (χ4v) is 7.06. The van der Waals surface area contributed by atoms with Gasteiger partial charge in [-0.15, -0.1) is 0 Å². The highest BCUT2D eigenvalue weighted by Crippen LogP contribution is 2.27. The molecule has 0 fully saturated rings. The molecule has 14 heteroatoms. The van der Waals surface area contributed by atoms with Crippen LogP contribution in [0.3, 0.4) is 0 Å². The molecular weight excluding hydrogens is 837 g/mol. The lowest BCUT2D eigenvalue weighted by Crippen LogP contribution is -2.47. The van der Waals surface area contributed by atoms with Crippen molar-refractivity contribution < 1.29 is 39.3 Å². The number of para-hydroxylation sites is 1. The second-order valence-electron chi connectivity index (χ2n) is 19.2. The third-order valence-corrected chi connectivity index (χ3v) is 8.72. The lowest BCUT2D eigenvalue weighted by atomic mass is 10.00. The smallest absolute Gasteiger partial charge is 0.305 e. The number of aromatic amines is 1. The van der Waals surface area contributed by atoms with Crippen LogP contribution in [0, 0.1) is 0 Å². The number of hydrogen-bond donors (Lipinski definition) is 9. The van der Waals surface area contributed by atoms with Gasteiger partial charge in [-0.3, -0.25) is 34.6 Å². The number of benzene rings is 2. The van der Waals surface area contributed by atoms with Crippen LogP contribution in [0.2, 0.25) is 0 Å². The van der Waals surface area contributed by atoms with Crippen molar-refractivity contribution in [1.82, 2.24) is 31.6 Å². The minimum absolute atomic E-state index is 0. The van der Waals surface area contributed by atoms with E-state index < -0.39 is 17.9 Å². The molecule has 1 aromatic heterocycles. The molecule has 0 bridgehead atoms. The Morgan fingerprint density at radius 1 is 0.576 bits per heavy atom. The summed E-state index contributed by atoms with van der Waals surface area (Å²) in [6.07, 6.45) is 2.92. The highest BCUT2D eigenvalue weighted by molar-refractivity contribution is 5.85. The number of carbonyl (C=O) groups excluding carboxylic acids is 4. The summed E-state index contributed by atoms with van der Waals surface area (Å²) in [6, 6.07) is 20.0. The number of Topliss-reactive ketones (excluding diaryl/α,β-unsaturated/α-hetero) is 4. The van der Waals surface area contributed by atoms with Crippen molar-refractivity contribution in [2.75, 3.05) is 0 Å². The number of H-pyrrole nitrogens is 1. The molecule has 0 aliphatic heterocycles. The zero-order valence-corrected chi connectivity index (χ0v) is 42.8. The molecule has 378 valence electrons. The predicted molar refractivity (Wildman–Crippen MR) is 272 cm³/mol. The molecule has 1 heterocycles. The number of fused-ring (bicyclic) bond motifs is 1. The molecule has 0 aliphatic rings. The van der Waals surface area contributed by atoms with E-state index in [4.69, 9.17) is 10.2 Å². The van der Waals surface area contributed by atoms with Crippen molar-refractivity contribution in [3.05, 3.63) is 71.9 Å². The number of nitrogens with one attached hydrogen (secondary N) is 6. The molecule has 3 aromatic rings. The van der Waals surface area contributed by atoms with Gasteiger partial charge in [-0.2, -0.15) is 0 Å². The van der Waals surface area contributed by atoms with E-state index in [0.29, 0.717) is 31.0 Å². The Morgan fingerprint density at radius 3 is 1.44 bits per heavy atom. The summed E-state index contributed by atoms with van der Waals surface area (Å²) in [5, 5.41) is 44.0. The minimum Gasteiger partial charge on any atom is -0.481 e. The fraction of sp³-hybridized carbons (Fsp3) is 0.635. The summed E-state index contributed by atoms with van der Waals surface area (Å²) in [4.78, 5) is 57.3. The predicted octanol–water partition coefficient (Wildman–Crippen LogP) is 8.72. The largest absolute Gasteiger partial charge is 0.481 e. The van der Waals surface area contributed by atoms with E-state index in [1.165, 1.54) is 30.4 Å². The Labute approximate surface area is 398 Å². The van der Waals surface area contributed by atoms with Crippen LogP contribution in [0.25, 0.3) is 10.9 Å². The second kappa shape index (κ2) is 34.2. The lowest BCUT2D eigenvalue weighted by Gasteiger charge is -2.26. The monoisotopic (exact) mass is 929 g/mol. The molecule has 66 heavy (non-hydrogen) atoms. The maximum absolute atomic E-state index is 11.4. The lowest BCUT2D eigenvalue weighted by molar-refractivity contribution is -0.138. The maximum atomic E-state index is 11.4. The van der Waals surface area contributed by atoms with Gasteiger partial charge in [0.1, 0.15) is 35.1 Å². The maximum Gasteiger partial charge on any atom is 0.305 e. The van der Waals surface area contributed by atoms with Crippen LogP contribution in [0.5, 0.6) is 0 Å². The van der Waals surface area contributed by atoms with Crippen LogP contribution in [0.4, 0.5) is 0 Å². The summed E-state index contributed by atoms with van der Waals surface area (Å²) in [6.45, 7) is 31.7. The van der Waals surface area contributed by atoms with Crippen LogP contribution in [-0.2, 0) is 24.0 Å². The van der Waals surface area contributed by atoms with Gasteiger partial charge in [0.25, 0.3) is 0 Å². The Hall–Kier alpha value is -4.15. The quantitative estimate of drug-likeness (QED) is 0.0431. The van der Waals surface area contributed by atoms with Crippen molar-refractivity contribution in [1.29, 1.82) is 0 Å². The number of carbonyl (C=O) groups is 5. The summed E-state index contributed by atoms with van der Waals surface area (Å²) in [5.74, 6) is -0.345. The summed E-state index contributed by atoms with van der Waals surface area (Å²) < 4.78 is 0. The third kappa shape index (κ3) is 36.0. The first-order valence-electron chi connectivity index (χ1n) is 22.9. The number of ketones is 4. The van der Waals surface area contributed by atoms with E-state index in [0.717, 1.165) is 5.52 Å². The number of aliphatic carboxylic acids is 1. The van der Waals surface area contributed by atoms with Crippen LogP contribution >= 0.6 is 0 Å². The highest BCUT2D eigenvalue weighted by Gasteiger charge is 2.23. The number of carboxylic acids is 1. The molecule has 0 saturated carbocycles. The van der Waals surface area contributed by atoms with Crippen molar-refractivity contribution >= 4 is 40.0 Å². The van der Waals surface area contributed by atoms with Gasteiger partial charge in [0.15, 0.2) is 0 Å². The Morgan fingerprint density at radius 2 is 1.02 bits per heavy atom. The highest BCUT2D eigenvalue weighted by atomic mass is 16.4. The number of hydrogen-bond acceptors (Lipinski definition) is 12. The van der Waals surface area contributed by atoms with Crippen LogP contribution < -0.4 is 26.6 Å². The van der Waals surface area contributed by atoms with Gasteiger partial charge < -0.3 is 36.3 Å². The van der Waals surface area contributed by atoms with Crippen LogP contribution in [0.1, 0.15) is 180 Å². The van der Waals surface area contributed by atoms with E-state index >= 15 is 0 Å². The van der Waals surface area contributed by atoms with E-state index in [2.05, 4.69) is 83.5 Å². The molecule has 0 saturated heterocycles. The fourth-order valence-electron chi connectivity index (χ4n) is 7.06. The minimum atomic E-state index is -1.06. The number of aromatic nitrogens is 1. The van der Waals surface area contributed by atoms with Gasteiger partial charge in [0, 0.05) is 90.6 Å². The van der Waals surface area contributed by atoms with Crippen molar-refractivity contribution in [3.63, 3.8) is 0 Å². The van der Waals surface area contributed by atoms with Crippen molar-refractivity contribution in [2.24, 2.45) is 0 Å². The average Bonchev–Trinajstić information content (AvgIpc) is 3.53. The molecule has 0 radical (unpaired) electrons. The van der Waals surface area contributed by atoms with E-state index in [9.17, 15) is 29.1 Å². The molecule has 9 N–H and O–H groups in total. The molecule has 3 rings (SSSR count). The Balaban J connectivity index is -0.000000765. The molecular formula is C52H92N6O8. The molecule has 0 aliphatic carbocycles. The first-order valence-corrected chi connectivity index (χ1v) is 22.9. The van der Waals surface area contributed by atoms with Crippen molar-refractivity contribution in [2.45, 2.75) is 217 Å². The summed E-state index contributed by atoms with van der Waals surface area (Å²) >= 11 is 0. The first kappa shape index (κ1) is 66.1. The van der Waals surface area contributed by atoms with Crippen molar-refractivity contribution in [3.8, 4) is 0 Å². The van der Waals surface area contributed by atoms with Gasteiger partial charge in [0.05, 0.1) is 6.42 Å². The third-order valence-electron chi connectivity index (χ3n) is 8.72. The molecule has 4 unspecified atom stereocenters. The molecule has 4 atom stereocenters. The molecule has 0 amide bonds. The van der Waals surface area contributed by atoms with Gasteiger partial charge >= 0.3 is 5.97 Å². The van der Waals surface area contributed by atoms with Gasteiger partial charge in [-0.25, -0.2) is 0 Å². The van der Waals surface area contributed by atoms with Gasteiger partial charge in [-0.05, 0) is 93.4 Å². The SMILES string of the molecule is C.CC(=O)CC(C)(O)NC(C)C.CC(=O)CC(NC(C)C)c1c[nH]c2ccccc12.CC(=O)CC(NC(C)C)c1ccccc1.CC(=O)CC(O)NC(C)C.CC(C)NC(C)(C)CC(=O)O. The normalized spacial score (nSPS) is 13.3. The number of rotatable bonds is 22. The van der Waals surface area contributed by atoms with E-state index in [1.807, 2.05) is 91.9 Å². The molecule has 2 aromatic carbocycles. The van der Waals surface area contributed by atoms with Gasteiger partial charge in [0.2, 0.25) is 0 Å². The second-order valence-corrected chi connectivity index (χ2v) is 19.2. The topological polar surface area (TPSA) is 222 Å². The van der Waals surface area contributed by atoms with Crippen LogP contribution in [-0.4, -0.2) is 97.1 Å². The molecule has 14 nitrogen and oxygen atoms in total. The average molecular weight is 929 g/mol. The van der Waals surface area contributed by atoms with E-state index in [1.54, 1.807) is 20.8 Å². The zero-order valence-electron chi connectivity index (χ0n) is 42.8. The number of carboxylic acid groups (broad SMARTS) is 1. The summed E-state index contributed by atoms with van der Waals surface area (Å²) in [7, 11) is 0. The first-order chi connectivity index (χ1) is 29.9. The standard InChI is InChI=1S/C15H20N2O.C13H19NO.2C8H17NO2.C7H15NO2.CH4/c1-10(2)17-15(8-11(3)18)13-9-16-14-7-5-4-6-12(13)14;1-10(2)14-13(9-11(3)15)12-7-5-4-6-8-12;1-6(2)9-8(3,4)5-7(10)11;1-6(2)9-8(4,11)5-7(3)10;1-5(2)8-7(10)4-6(3)9;/h4-7,9-10,15-17H,8H2,1-3H3;4-8,10,13-14H,9H2,1-3H3;6,9H,5H2,1-4H3,(H,10,11);6,9,11H,5H2,1-4H3;5,7-8,10H,4H2,1-3H3;1H4. The Bertz CT molecular complexity index is 1770. The zero-order chi connectivity index (χ0) is 50.7.